The zero-order chi connectivity index (χ0) is 30.6. The predicted octanol–water partition coefficient (Wildman–Crippen LogP) is 7.60. The van der Waals surface area contributed by atoms with Crippen LogP contribution in [0, 0.1) is 5.82 Å². The first-order chi connectivity index (χ1) is 20.0. The van der Waals surface area contributed by atoms with Crippen LogP contribution in [0.25, 0.3) is 6.08 Å². The minimum absolute atomic E-state index is 0.0758. The lowest BCUT2D eigenvalue weighted by Gasteiger charge is -2.38. The van der Waals surface area contributed by atoms with E-state index in [2.05, 4.69) is 35.1 Å². The number of nitrogens with zero attached hydrogens (tertiary/aromatic N) is 1. The first-order valence-electron chi connectivity index (χ1n) is 13.4. The lowest BCUT2D eigenvalue weighted by molar-refractivity contribution is -0.137. The number of thiocarbonyl (C=S) groups is 1. The number of benzene rings is 3. The quantitative estimate of drug-likeness (QED) is 0.154. The van der Waals surface area contributed by atoms with Crippen LogP contribution in [0.5, 0.6) is 5.75 Å². The van der Waals surface area contributed by atoms with Crippen LogP contribution in [0.3, 0.4) is 0 Å². The number of halogens is 2. The van der Waals surface area contributed by atoms with E-state index in [4.69, 9.17) is 21.7 Å². The molecule has 1 amide bonds. The summed E-state index contributed by atoms with van der Waals surface area (Å²) >= 11 is 9.15. The van der Waals surface area contributed by atoms with Crippen molar-refractivity contribution in [3.63, 3.8) is 0 Å². The van der Waals surface area contributed by atoms with Gasteiger partial charge in [0.2, 0.25) is 0 Å². The molecule has 42 heavy (non-hydrogen) atoms. The summed E-state index contributed by atoms with van der Waals surface area (Å²) in [5, 5.41) is 3.20. The first kappa shape index (κ1) is 31.1. The van der Waals surface area contributed by atoms with Crippen LogP contribution < -0.4 is 10.1 Å². The number of ether oxygens (including phenoxy) is 2. The normalized spacial score (nSPS) is 15.5. The molecule has 4 rings (SSSR count). The van der Waals surface area contributed by atoms with E-state index in [0.29, 0.717) is 38.5 Å². The summed E-state index contributed by atoms with van der Waals surface area (Å²) in [5.41, 5.74) is 4.30. The van der Waals surface area contributed by atoms with Crippen molar-refractivity contribution >= 4 is 51.2 Å². The van der Waals surface area contributed by atoms with Crippen molar-refractivity contribution in [3.05, 3.63) is 116 Å². The number of esters is 1. The van der Waals surface area contributed by atoms with Crippen molar-refractivity contribution in [1.29, 1.82) is 0 Å². The minimum Gasteiger partial charge on any atom is -0.488 e. The minimum atomic E-state index is -0.774. The Morgan fingerprint density at radius 1 is 1.12 bits per heavy atom. The highest BCUT2D eigenvalue weighted by Crippen LogP contribution is 2.36. The van der Waals surface area contributed by atoms with Gasteiger partial charge in [0.25, 0.3) is 5.91 Å². The average Bonchev–Trinajstić information content (AvgIpc) is 2.96. The van der Waals surface area contributed by atoms with Crippen LogP contribution in [0.2, 0.25) is 0 Å². The van der Waals surface area contributed by atoms with E-state index in [1.165, 1.54) is 18.1 Å². The van der Waals surface area contributed by atoms with Crippen LogP contribution in [0.1, 0.15) is 61.9 Å². The van der Waals surface area contributed by atoms with E-state index in [0.717, 1.165) is 16.7 Å². The fourth-order valence-corrected chi connectivity index (χ4v) is 5.55. The highest BCUT2D eigenvalue weighted by atomic mass is 79.9. The molecule has 0 radical (unpaired) electrons. The third-order valence-corrected chi connectivity index (χ3v) is 7.93. The number of hydrogen-bond acceptors (Lipinski definition) is 5. The van der Waals surface area contributed by atoms with Gasteiger partial charge in [-0.15, -0.1) is 0 Å². The Kier molecular flexibility index (Phi) is 9.96. The molecule has 1 N–H and O–H groups in total. The Labute approximate surface area is 259 Å². The van der Waals surface area contributed by atoms with Gasteiger partial charge in [0.1, 0.15) is 18.2 Å². The van der Waals surface area contributed by atoms with Crippen LogP contribution >= 0.6 is 28.1 Å². The zero-order valence-corrected chi connectivity index (χ0v) is 26.4. The summed E-state index contributed by atoms with van der Waals surface area (Å²) in [6.45, 7) is 7.72. The molecule has 9 heteroatoms. The second-order valence-corrected chi connectivity index (χ2v) is 11.5. The number of allylic oxidation sites excluding steroid dienone is 1. The van der Waals surface area contributed by atoms with E-state index in [9.17, 15) is 14.0 Å². The third kappa shape index (κ3) is 6.79. The van der Waals surface area contributed by atoms with Gasteiger partial charge in [-0.3, -0.25) is 9.69 Å². The SMILES string of the molecule is COC(=O)C1=C(C)NC(=S)N(C(=O)C(C)=Cc2ccc(OCc3ccccc3F)c(Br)c2)C1c1ccc(C(C)C)cc1. The van der Waals surface area contributed by atoms with E-state index < -0.39 is 12.0 Å². The number of amides is 1. The summed E-state index contributed by atoms with van der Waals surface area (Å²) in [5.74, 6) is -0.384. The fraction of sp³-hybridized carbons (Fsp3) is 0.242. The van der Waals surface area contributed by atoms with Gasteiger partial charge in [-0.1, -0.05) is 62.4 Å². The van der Waals surface area contributed by atoms with Crippen LogP contribution in [0.4, 0.5) is 4.39 Å². The highest BCUT2D eigenvalue weighted by Gasteiger charge is 2.40. The zero-order valence-electron chi connectivity index (χ0n) is 24.0. The lowest BCUT2D eigenvalue weighted by atomic mass is 9.91. The molecule has 0 fully saturated rings. The molecule has 1 heterocycles. The maximum absolute atomic E-state index is 14.0. The molecule has 6 nitrogen and oxygen atoms in total. The molecular weight excluding hydrogens is 619 g/mol. The Bertz CT molecular complexity index is 1580. The molecule has 3 aromatic rings. The topological polar surface area (TPSA) is 67.9 Å². The second kappa shape index (κ2) is 13.4. The largest absolute Gasteiger partial charge is 0.488 e. The number of carbonyl (C=O) groups is 2. The Balaban J connectivity index is 1.64. The average molecular weight is 652 g/mol. The molecule has 1 aliphatic heterocycles. The molecule has 3 aromatic carbocycles. The van der Waals surface area contributed by atoms with Gasteiger partial charge >= 0.3 is 5.97 Å². The van der Waals surface area contributed by atoms with Crippen molar-refractivity contribution in [3.8, 4) is 5.75 Å². The third-order valence-electron chi connectivity index (χ3n) is 7.01. The van der Waals surface area contributed by atoms with Crippen molar-refractivity contribution in [2.24, 2.45) is 0 Å². The molecule has 0 saturated heterocycles. The van der Waals surface area contributed by atoms with Crippen molar-refractivity contribution in [2.75, 3.05) is 7.11 Å². The Morgan fingerprint density at radius 2 is 1.81 bits per heavy atom. The van der Waals surface area contributed by atoms with Crippen molar-refractivity contribution in [2.45, 2.75) is 46.3 Å². The van der Waals surface area contributed by atoms with E-state index in [1.807, 2.05) is 30.3 Å². The van der Waals surface area contributed by atoms with Gasteiger partial charge < -0.3 is 14.8 Å². The molecule has 0 spiro atoms. The van der Waals surface area contributed by atoms with Crippen LogP contribution in [-0.4, -0.2) is 29.0 Å². The summed E-state index contributed by atoms with van der Waals surface area (Å²) in [4.78, 5) is 28.3. The van der Waals surface area contributed by atoms with Gasteiger partial charge in [0.05, 0.1) is 23.2 Å². The molecule has 0 saturated carbocycles. The second-order valence-electron chi connectivity index (χ2n) is 10.3. The lowest BCUT2D eigenvalue weighted by Crippen LogP contribution is -2.51. The number of methoxy groups -OCH3 is 1. The molecule has 1 atom stereocenters. The monoisotopic (exact) mass is 650 g/mol. The molecule has 1 aliphatic rings. The number of hydrogen-bond donors (Lipinski definition) is 1. The summed E-state index contributed by atoms with van der Waals surface area (Å²) in [7, 11) is 1.31. The number of carbonyl (C=O) groups excluding carboxylic acids is 2. The number of nitrogens with one attached hydrogen (secondary N) is 1. The molecule has 0 aliphatic carbocycles. The molecular formula is C33H32BrFN2O4S. The summed E-state index contributed by atoms with van der Waals surface area (Å²) in [6, 6.07) is 18.9. The van der Waals surface area contributed by atoms with Crippen molar-refractivity contribution in [1.82, 2.24) is 10.2 Å². The maximum Gasteiger partial charge on any atom is 0.337 e. The summed E-state index contributed by atoms with van der Waals surface area (Å²) < 4.78 is 25.5. The number of rotatable bonds is 8. The smallest absolute Gasteiger partial charge is 0.337 e. The van der Waals surface area contributed by atoms with E-state index >= 15 is 0 Å². The van der Waals surface area contributed by atoms with Gasteiger partial charge in [-0.05, 0) is 88.9 Å². The Hall–Kier alpha value is -3.82. The first-order valence-corrected chi connectivity index (χ1v) is 14.6. The standard InChI is InChI=1S/C33H32BrFN2O4S/c1-19(2)23-11-13-24(14-12-23)30-29(32(39)40-5)21(4)36-33(42)37(30)31(38)20(3)16-22-10-15-28(26(34)17-22)41-18-25-8-6-7-9-27(25)35/h6-17,19,30H,18H2,1-5H3,(H,36,42). The summed E-state index contributed by atoms with van der Waals surface area (Å²) in [6.07, 6.45) is 1.73. The Morgan fingerprint density at radius 3 is 2.43 bits per heavy atom. The van der Waals surface area contributed by atoms with Crippen molar-refractivity contribution < 1.29 is 23.5 Å². The van der Waals surface area contributed by atoms with Crippen LogP contribution in [-0.2, 0) is 20.9 Å². The molecule has 0 aromatic heterocycles. The van der Waals surface area contributed by atoms with Gasteiger partial charge in [0.15, 0.2) is 5.11 Å². The van der Waals surface area contributed by atoms with Gasteiger partial charge in [-0.25, -0.2) is 9.18 Å². The maximum atomic E-state index is 14.0. The molecule has 0 bridgehead atoms. The fourth-order valence-electron chi connectivity index (χ4n) is 4.70. The molecule has 1 unspecified atom stereocenters. The highest BCUT2D eigenvalue weighted by molar-refractivity contribution is 9.10. The van der Waals surface area contributed by atoms with Gasteiger partial charge in [-0.2, -0.15) is 0 Å². The van der Waals surface area contributed by atoms with E-state index in [1.54, 1.807) is 50.3 Å². The van der Waals surface area contributed by atoms with E-state index in [-0.39, 0.29) is 23.4 Å². The van der Waals surface area contributed by atoms with Gasteiger partial charge in [0, 0.05) is 16.8 Å². The predicted molar refractivity (Wildman–Crippen MR) is 169 cm³/mol. The molecule has 218 valence electrons. The van der Waals surface area contributed by atoms with Crippen LogP contribution in [0.15, 0.2) is 88.0 Å².